The molecule has 0 saturated heterocycles. The number of aromatic amines is 1. The number of aryl methyl sites for hydroxylation is 2. The number of rotatable bonds is 3. The van der Waals surface area contributed by atoms with Crippen LogP contribution in [0.1, 0.15) is 16.1 Å². The predicted molar refractivity (Wildman–Crippen MR) is 105 cm³/mol. The van der Waals surface area contributed by atoms with E-state index in [-0.39, 0.29) is 22.1 Å². The van der Waals surface area contributed by atoms with Crippen molar-refractivity contribution >= 4 is 46.0 Å². The van der Waals surface area contributed by atoms with Gasteiger partial charge in [0.05, 0.1) is 22.5 Å². The number of amides is 1. The zero-order chi connectivity index (χ0) is 20.0. The number of nitrogens with one attached hydrogen (secondary N) is 2. The minimum absolute atomic E-state index is 0.140. The quantitative estimate of drug-likeness (QED) is 0.532. The third-order valence-electron chi connectivity index (χ3n) is 4.04. The topological polar surface area (TPSA) is 110 Å². The number of carbonyl (C=O) groups is 1. The predicted octanol–water partition coefficient (Wildman–Crippen LogP) is 2.71. The summed E-state index contributed by atoms with van der Waals surface area (Å²) >= 11 is 12.1. The number of anilines is 1. The Bertz CT molecular complexity index is 1290. The molecular weight excluding hydrogens is 405 g/mol. The smallest absolute Gasteiger partial charge is 0.263 e. The molecule has 4 rings (SSSR count). The fourth-order valence-electron chi connectivity index (χ4n) is 2.73. The van der Waals surface area contributed by atoms with Crippen LogP contribution in [0.3, 0.4) is 0 Å². The van der Waals surface area contributed by atoms with E-state index in [9.17, 15) is 9.59 Å². The lowest BCUT2D eigenvalue weighted by molar-refractivity contribution is 0.102. The summed E-state index contributed by atoms with van der Waals surface area (Å²) in [4.78, 5) is 32.0. The van der Waals surface area contributed by atoms with Gasteiger partial charge in [0.15, 0.2) is 5.65 Å². The number of fused-ring (bicyclic) bond motifs is 1. The van der Waals surface area contributed by atoms with Crippen LogP contribution in [0.25, 0.3) is 17.0 Å². The van der Waals surface area contributed by atoms with Gasteiger partial charge >= 0.3 is 0 Å². The van der Waals surface area contributed by atoms with Gasteiger partial charge in [0.25, 0.3) is 11.5 Å². The summed E-state index contributed by atoms with van der Waals surface area (Å²) in [5.41, 5.74) is 0.849. The summed E-state index contributed by atoms with van der Waals surface area (Å²) in [6.45, 7) is 1.75. The molecule has 9 nitrogen and oxygen atoms in total. The first kappa shape index (κ1) is 18.2. The fourth-order valence-corrected chi connectivity index (χ4v) is 3.10. The van der Waals surface area contributed by atoms with E-state index in [1.807, 2.05) is 0 Å². The Kier molecular flexibility index (Phi) is 4.40. The van der Waals surface area contributed by atoms with Crippen LogP contribution < -0.4 is 10.9 Å². The third kappa shape index (κ3) is 3.14. The van der Waals surface area contributed by atoms with Crippen molar-refractivity contribution < 1.29 is 4.79 Å². The summed E-state index contributed by atoms with van der Waals surface area (Å²) in [5.74, 6) is -0.0255. The fraction of sp³-hybridized carbons (Fsp3) is 0.118. The normalized spacial score (nSPS) is 11.1. The van der Waals surface area contributed by atoms with E-state index in [2.05, 4.69) is 25.5 Å². The molecule has 28 heavy (non-hydrogen) atoms. The second-order valence-electron chi connectivity index (χ2n) is 6.06. The van der Waals surface area contributed by atoms with Crippen molar-refractivity contribution in [1.29, 1.82) is 0 Å². The molecule has 0 aliphatic rings. The van der Waals surface area contributed by atoms with Crippen LogP contribution in [0.2, 0.25) is 10.0 Å². The largest absolute Gasteiger partial charge is 0.306 e. The SMILES string of the molecule is Cc1cc(NC(=O)c2cc(Cl)ccc2Cl)n(-c2nc3c(cnn3C)c(=O)[nH]2)n1. The Morgan fingerprint density at radius 2 is 2.04 bits per heavy atom. The molecule has 0 spiro atoms. The standard InChI is InChI=1S/C17H13Cl2N7O2/c1-8-5-13(21-15(27)10-6-9(18)3-4-12(10)19)26(24-8)17-22-14-11(16(28)23-17)7-20-25(14)2/h3-7H,1-2H3,(H,21,27)(H,22,23,28). The summed E-state index contributed by atoms with van der Waals surface area (Å²) in [5, 5.41) is 12.1. The van der Waals surface area contributed by atoms with Gasteiger partial charge in [0, 0.05) is 18.1 Å². The monoisotopic (exact) mass is 417 g/mol. The van der Waals surface area contributed by atoms with Gasteiger partial charge in [-0.25, -0.2) is 0 Å². The van der Waals surface area contributed by atoms with Crippen molar-refractivity contribution in [2.45, 2.75) is 6.92 Å². The highest BCUT2D eigenvalue weighted by atomic mass is 35.5. The summed E-state index contributed by atoms with van der Waals surface area (Å²) in [6, 6.07) is 6.24. The van der Waals surface area contributed by atoms with Crippen molar-refractivity contribution in [1.82, 2.24) is 29.5 Å². The molecule has 11 heteroatoms. The number of halogens is 2. The van der Waals surface area contributed by atoms with E-state index in [0.717, 1.165) is 0 Å². The van der Waals surface area contributed by atoms with Crippen molar-refractivity contribution in [2.24, 2.45) is 7.05 Å². The maximum Gasteiger partial charge on any atom is 0.263 e. The van der Waals surface area contributed by atoms with Crippen molar-refractivity contribution in [2.75, 3.05) is 5.32 Å². The molecule has 1 aromatic carbocycles. The highest BCUT2D eigenvalue weighted by Gasteiger charge is 2.18. The number of benzene rings is 1. The lowest BCUT2D eigenvalue weighted by Crippen LogP contribution is -2.19. The van der Waals surface area contributed by atoms with E-state index in [0.29, 0.717) is 27.6 Å². The number of carbonyl (C=O) groups excluding carboxylic acids is 1. The highest BCUT2D eigenvalue weighted by molar-refractivity contribution is 6.36. The van der Waals surface area contributed by atoms with Gasteiger partial charge < -0.3 is 5.32 Å². The van der Waals surface area contributed by atoms with E-state index in [4.69, 9.17) is 23.2 Å². The summed E-state index contributed by atoms with van der Waals surface area (Å²) < 4.78 is 2.81. The lowest BCUT2D eigenvalue weighted by atomic mass is 10.2. The Balaban J connectivity index is 1.77. The van der Waals surface area contributed by atoms with E-state index >= 15 is 0 Å². The molecule has 0 aliphatic heterocycles. The Morgan fingerprint density at radius 1 is 1.25 bits per heavy atom. The third-order valence-corrected chi connectivity index (χ3v) is 4.60. The van der Waals surface area contributed by atoms with Gasteiger partial charge in [-0.1, -0.05) is 23.2 Å². The molecule has 0 aliphatic carbocycles. The van der Waals surface area contributed by atoms with Crippen molar-refractivity contribution in [3.63, 3.8) is 0 Å². The van der Waals surface area contributed by atoms with Gasteiger partial charge in [-0.15, -0.1) is 0 Å². The number of H-pyrrole nitrogens is 1. The van der Waals surface area contributed by atoms with Gasteiger partial charge in [-0.2, -0.15) is 19.9 Å². The van der Waals surface area contributed by atoms with E-state index < -0.39 is 5.91 Å². The van der Waals surface area contributed by atoms with Crippen LogP contribution in [-0.2, 0) is 7.05 Å². The lowest BCUT2D eigenvalue weighted by Gasteiger charge is -2.09. The first-order valence-electron chi connectivity index (χ1n) is 8.09. The molecule has 3 heterocycles. The average Bonchev–Trinajstić information content (AvgIpc) is 3.20. The number of nitrogens with zero attached hydrogens (tertiary/aromatic N) is 5. The maximum atomic E-state index is 12.7. The number of hydrogen-bond donors (Lipinski definition) is 2. The highest BCUT2D eigenvalue weighted by Crippen LogP contribution is 2.23. The number of aromatic nitrogens is 6. The van der Waals surface area contributed by atoms with Crippen LogP contribution in [0, 0.1) is 6.92 Å². The molecule has 0 fully saturated rings. The zero-order valence-corrected chi connectivity index (χ0v) is 16.2. The zero-order valence-electron chi connectivity index (χ0n) is 14.7. The summed E-state index contributed by atoms with van der Waals surface area (Å²) in [7, 11) is 1.68. The van der Waals surface area contributed by atoms with Gasteiger partial charge in [-0.05, 0) is 25.1 Å². The molecule has 0 atom stereocenters. The minimum atomic E-state index is -0.474. The molecule has 142 valence electrons. The number of hydrogen-bond acceptors (Lipinski definition) is 5. The Hall–Kier alpha value is -3.17. The average molecular weight is 418 g/mol. The van der Waals surface area contributed by atoms with Crippen molar-refractivity contribution in [3.05, 3.63) is 62.1 Å². The Morgan fingerprint density at radius 3 is 2.82 bits per heavy atom. The van der Waals surface area contributed by atoms with E-state index in [1.165, 1.54) is 27.7 Å². The molecule has 0 saturated carbocycles. The summed E-state index contributed by atoms with van der Waals surface area (Å²) in [6.07, 6.45) is 1.43. The molecule has 3 aromatic heterocycles. The molecule has 0 unspecified atom stereocenters. The van der Waals surface area contributed by atoms with E-state index in [1.54, 1.807) is 26.1 Å². The minimum Gasteiger partial charge on any atom is -0.306 e. The van der Waals surface area contributed by atoms with Crippen LogP contribution in [0.15, 0.2) is 35.3 Å². The molecule has 4 aromatic rings. The first-order valence-corrected chi connectivity index (χ1v) is 8.84. The van der Waals surface area contributed by atoms with Crippen molar-refractivity contribution in [3.8, 4) is 5.95 Å². The van der Waals surface area contributed by atoms with Crippen LogP contribution in [0.5, 0.6) is 0 Å². The molecule has 0 bridgehead atoms. The van der Waals surface area contributed by atoms with Crippen LogP contribution >= 0.6 is 23.2 Å². The second-order valence-corrected chi connectivity index (χ2v) is 6.90. The molecule has 2 N–H and O–H groups in total. The second kappa shape index (κ2) is 6.77. The van der Waals surface area contributed by atoms with Crippen LogP contribution in [-0.4, -0.2) is 35.4 Å². The van der Waals surface area contributed by atoms with Crippen LogP contribution in [0.4, 0.5) is 5.82 Å². The van der Waals surface area contributed by atoms with Gasteiger partial charge in [0.1, 0.15) is 11.2 Å². The van der Waals surface area contributed by atoms with Gasteiger partial charge in [0.2, 0.25) is 5.95 Å². The molecule has 1 amide bonds. The maximum absolute atomic E-state index is 12.7. The Labute approximate surface area is 167 Å². The first-order chi connectivity index (χ1) is 13.3. The van der Waals surface area contributed by atoms with Gasteiger partial charge in [-0.3, -0.25) is 19.3 Å². The molecular formula is C17H13Cl2N7O2. The molecule has 0 radical (unpaired) electrons.